The molecular weight excluding hydrogens is 360 g/mol. The number of aromatic nitrogens is 1. The lowest BCUT2D eigenvalue weighted by Gasteiger charge is -2.05. The first-order valence-corrected chi connectivity index (χ1v) is 9.48. The Labute approximate surface area is 170 Å². The lowest BCUT2D eigenvalue weighted by molar-refractivity contribution is 0.320. The molecule has 1 aromatic heterocycles. The zero-order valence-corrected chi connectivity index (χ0v) is 16.1. The lowest BCUT2D eigenvalue weighted by Crippen LogP contribution is -2.02. The van der Waals surface area contributed by atoms with Crippen molar-refractivity contribution < 1.29 is 9.15 Å². The summed E-state index contributed by atoms with van der Waals surface area (Å²) in [5, 5.41) is 8.98. The van der Waals surface area contributed by atoms with E-state index in [-0.39, 0.29) is 0 Å². The van der Waals surface area contributed by atoms with Crippen molar-refractivity contribution in [2.45, 2.75) is 13.3 Å². The van der Waals surface area contributed by atoms with Crippen LogP contribution in [0.3, 0.4) is 0 Å². The lowest BCUT2D eigenvalue weighted by atomic mass is 10.0. The first kappa shape index (κ1) is 18.5. The fourth-order valence-corrected chi connectivity index (χ4v) is 3.17. The third-order valence-electron chi connectivity index (χ3n) is 4.68. The van der Waals surface area contributed by atoms with Gasteiger partial charge in [-0.05, 0) is 48.4 Å². The topological polar surface area (TPSA) is 59.1 Å². The molecule has 3 aromatic carbocycles. The summed E-state index contributed by atoms with van der Waals surface area (Å²) in [6.07, 6.45) is 0.629. The molecule has 1 heterocycles. The van der Waals surface area contributed by atoms with Crippen LogP contribution in [0.4, 0.5) is 0 Å². The van der Waals surface area contributed by atoms with E-state index >= 15 is 0 Å². The Bertz CT molecular complexity index is 1160. The van der Waals surface area contributed by atoms with Crippen molar-refractivity contribution >= 4 is 0 Å². The van der Waals surface area contributed by atoms with E-state index in [9.17, 15) is 0 Å². The van der Waals surface area contributed by atoms with Gasteiger partial charge >= 0.3 is 0 Å². The van der Waals surface area contributed by atoms with Gasteiger partial charge in [0, 0.05) is 12.0 Å². The van der Waals surface area contributed by atoms with Crippen molar-refractivity contribution in [2.75, 3.05) is 6.61 Å². The highest BCUT2D eigenvalue weighted by atomic mass is 16.5. The second-order valence-electron chi connectivity index (χ2n) is 6.71. The van der Waals surface area contributed by atoms with Gasteiger partial charge in [-0.2, -0.15) is 5.26 Å². The minimum Gasteiger partial charge on any atom is -0.493 e. The summed E-state index contributed by atoms with van der Waals surface area (Å²) in [5.41, 5.74) is 4.69. The third-order valence-corrected chi connectivity index (χ3v) is 4.68. The van der Waals surface area contributed by atoms with Crippen molar-refractivity contribution in [3.05, 3.63) is 95.9 Å². The summed E-state index contributed by atoms with van der Waals surface area (Å²) in [4.78, 5) is 4.68. The van der Waals surface area contributed by atoms with E-state index in [1.54, 1.807) is 12.1 Å². The molecule has 0 fully saturated rings. The van der Waals surface area contributed by atoms with Gasteiger partial charge in [0.1, 0.15) is 11.5 Å². The largest absolute Gasteiger partial charge is 0.493 e. The Morgan fingerprint density at radius 2 is 1.66 bits per heavy atom. The average molecular weight is 380 g/mol. The van der Waals surface area contributed by atoms with E-state index in [0.29, 0.717) is 30.2 Å². The predicted octanol–water partition coefficient (Wildman–Crippen LogP) is 5.81. The Hall–Kier alpha value is -3.84. The molecule has 0 spiro atoms. The SMILES string of the molecule is Cc1oc(-c2cccc(-c3ccccc3)c2)nc1CCOc1cccc(C#N)c1. The van der Waals surface area contributed by atoms with E-state index in [0.717, 1.165) is 28.1 Å². The molecule has 4 heteroatoms. The van der Waals surface area contributed by atoms with Gasteiger partial charge in [-0.1, -0.05) is 48.5 Å². The van der Waals surface area contributed by atoms with Crippen molar-refractivity contribution in [3.63, 3.8) is 0 Å². The number of ether oxygens (including phenoxy) is 1. The van der Waals surface area contributed by atoms with Crippen molar-refractivity contribution in [2.24, 2.45) is 0 Å². The minimum absolute atomic E-state index is 0.464. The molecule has 0 aliphatic heterocycles. The van der Waals surface area contributed by atoms with Gasteiger partial charge in [-0.25, -0.2) is 4.98 Å². The van der Waals surface area contributed by atoms with E-state index < -0.39 is 0 Å². The number of nitrogens with zero attached hydrogens (tertiary/aromatic N) is 2. The molecule has 0 bridgehead atoms. The van der Waals surface area contributed by atoms with Gasteiger partial charge in [-0.3, -0.25) is 0 Å². The summed E-state index contributed by atoms with van der Waals surface area (Å²) >= 11 is 0. The molecule has 0 atom stereocenters. The fourth-order valence-electron chi connectivity index (χ4n) is 3.17. The molecule has 0 radical (unpaired) electrons. The Kier molecular flexibility index (Phi) is 5.40. The Morgan fingerprint density at radius 1 is 0.897 bits per heavy atom. The van der Waals surface area contributed by atoms with Gasteiger partial charge in [0.15, 0.2) is 0 Å². The molecule has 0 N–H and O–H groups in total. The van der Waals surface area contributed by atoms with Gasteiger partial charge < -0.3 is 9.15 Å². The minimum atomic E-state index is 0.464. The second-order valence-corrected chi connectivity index (χ2v) is 6.71. The number of rotatable bonds is 6. The molecule has 0 unspecified atom stereocenters. The molecule has 0 aliphatic rings. The van der Waals surface area contributed by atoms with Crippen LogP contribution >= 0.6 is 0 Å². The third kappa shape index (κ3) is 4.36. The molecule has 4 rings (SSSR count). The van der Waals surface area contributed by atoms with Crippen LogP contribution in [0.15, 0.2) is 83.3 Å². The summed E-state index contributed by atoms with van der Waals surface area (Å²) < 4.78 is 11.7. The summed E-state index contributed by atoms with van der Waals surface area (Å²) in [5.74, 6) is 2.09. The van der Waals surface area contributed by atoms with E-state index in [1.165, 1.54) is 0 Å². The molecule has 0 saturated carbocycles. The maximum atomic E-state index is 8.98. The number of oxazole rings is 1. The van der Waals surface area contributed by atoms with E-state index in [4.69, 9.17) is 14.4 Å². The zero-order valence-electron chi connectivity index (χ0n) is 16.1. The van der Waals surface area contributed by atoms with Gasteiger partial charge in [0.2, 0.25) is 5.89 Å². The van der Waals surface area contributed by atoms with Crippen molar-refractivity contribution in [3.8, 4) is 34.4 Å². The van der Waals surface area contributed by atoms with Crippen LogP contribution in [0.25, 0.3) is 22.6 Å². The normalized spacial score (nSPS) is 10.5. The van der Waals surface area contributed by atoms with Gasteiger partial charge in [0.25, 0.3) is 0 Å². The van der Waals surface area contributed by atoms with Crippen LogP contribution in [-0.4, -0.2) is 11.6 Å². The first-order valence-electron chi connectivity index (χ1n) is 9.48. The molecular formula is C25H20N2O2. The summed E-state index contributed by atoms with van der Waals surface area (Å²) in [6, 6.07) is 27.7. The summed E-state index contributed by atoms with van der Waals surface area (Å²) in [6.45, 7) is 2.38. The number of aryl methyl sites for hydroxylation is 1. The molecule has 0 aliphatic carbocycles. The van der Waals surface area contributed by atoms with E-state index in [2.05, 4.69) is 35.3 Å². The van der Waals surface area contributed by atoms with Gasteiger partial charge in [-0.15, -0.1) is 0 Å². The predicted molar refractivity (Wildman–Crippen MR) is 112 cm³/mol. The summed E-state index contributed by atoms with van der Waals surface area (Å²) in [7, 11) is 0. The van der Waals surface area contributed by atoms with Crippen LogP contribution in [-0.2, 0) is 6.42 Å². The highest BCUT2D eigenvalue weighted by Gasteiger charge is 2.12. The smallest absolute Gasteiger partial charge is 0.226 e. The van der Waals surface area contributed by atoms with Crippen LogP contribution in [0, 0.1) is 18.3 Å². The molecule has 0 amide bonds. The van der Waals surface area contributed by atoms with Crippen LogP contribution in [0.1, 0.15) is 17.0 Å². The highest BCUT2D eigenvalue weighted by Crippen LogP contribution is 2.27. The second kappa shape index (κ2) is 8.45. The van der Waals surface area contributed by atoms with Crippen molar-refractivity contribution in [1.29, 1.82) is 5.26 Å². The zero-order chi connectivity index (χ0) is 20.1. The molecule has 142 valence electrons. The van der Waals surface area contributed by atoms with E-state index in [1.807, 2.05) is 49.4 Å². The highest BCUT2D eigenvalue weighted by molar-refractivity contribution is 5.69. The van der Waals surface area contributed by atoms with Crippen LogP contribution in [0.2, 0.25) is 0 Å². The van der Waals surface area contributed by atoms with Gasteiger partial charge in [0.05, 0.1) is 23.9 Å². The number of hydrogen-bond acceptors (Lipinski definition) is 4. The molecule has 29 heavy (non-hydrogen) atoms. The molecule has 0 saturated heterocycles. The number of hydrogen-bond donors (Lipinski definition) is 0. The number of nitriles is 1. The number of benzene rings is 3. The molecule has 4 aromatic rings. The monoisotopic (exact) mass is 380 g/mol. The van der Waals surface area contributed by atoms with Crippen molar-refractivity contribution in [1.82, 2.24) is 4.98 Å². The maximum Gasteiger partial charge on any atom is 0.226 e. The Morgan fingerprint density at radius 3 is 2.48 bits per heavy atom. The Balaban J connectivity index is 1.47. The average Bonchev–Trinajstić information content (AvgIpc) is 3.15. The van der Waals surface area contributed by atoms with Crippen LogP contribution < -0.4 is 4.74 Å². The fraction of sp³-hybridized carbons (Fsp3) is 0.120. The standard InChI is InChI=1S/C25H20N2O2/c1-18-24(13-14-28-23-12-5-7-19(15-23)17-26)27-25(29-18)22-11-6-10-21(16-22)20-8-3-2-4-9-20/h2-12,15-16H,13-14H2,1H3. The maximum absolute atomic E-state index is 8.98. The molecule has 4 nitrogen and oxygen atoms in total. The quantitative estimate of drug-likeness (QED) is 0.423. The van der Waals surface area contributed by atoms with Crippen LogP contribution in [0.5, 0.6) is 5.75 Å². The first-order chi connectivity index (χ1) is 14.2.